The Morgan fingerprint density at radius 2 is 2.58 bits per heavy atom. The monoisotopic (exact) mass is 169 g/mol. The van der Waals surface area contributed by atoms with Crippen molar-refractivity contribution in [1.82, 2.24) is 15.2 Å². The van der Waals surface area contributed by atoms with Crippen molar-refractivity contribution in [2.75, 3.05) is 17.8 Å². The van der Waals surface area contributed by atoms with Crippen molar-refractivity contribution in [3.63, 3.8) is 0 Å². The van der Waals surface area contributed by atoms with E-state index in [0.29, 0.717) is 12.6 Å². The van der Waals surface area contributed by atoms with Crippen molar-refractivity contribution >= 4 is 11.9 Å². The maximum atomic E-state index is 5.27. The number of aromatic nitrogens is 3. The first-order valence-corrected chi connectivity index (χ1v) is 3.38. The highest BCUT2D eigenvalue weighted by molar-refractivity contribution is 5.27. The van der Waals surface area contributed by atoms with E-state index in [9.17, 15) is 0 Å². The van der Waals surface area contributed by atoms with Gasteiger partial charge in [0.2, 0.25) is 5.95 Å². The number of aromatic amines is 1. The number of hydrogen-bond acceptors (Lipinski definition) is 5. The molecule has 0 saturated heterocycles. The molecule has 0 spiro atoms. The van der Waals surface area contributed by atoms with E-state index in [1.54, 1.807) is 0 Å². The van der Waals surface area contributed by atoms with E-state index in [1.807, 2.05) is 6.92 Å². The van der Waals surface area contributed by atoms with Crippen molar-refractivity contribution in [2.45, 2.75) is 6.92 Å². The molecule has 0 saturated carbocycles. The van der Waals surface area contributed by atoms with Crippen molar-refractivity contribution in [1.29, 1.82) is 0 Å². The highest BCUT2D eigenvalue weighted by atomic mass is 16.6. The predicted octanol–water partition coefficient (Wildman–Crippen LogP) is 0.306. The summed E-state index contributed by atoms with van der Waals surface area (Å²) in [5.41, 5.74) is 8.68. The minimum atomic E-state index is 0.247. The lowest BCUT2D eigenvalue weighted by molar-refractivity contribution is 0.217. The summed E-state index contributed by atoms with van der Waals surface area (Å²) >= 11 is 0. The van der Waals surface area contributed by atoms with Gasteiger partial charge >= 0.3 is 0 Å². The highest BCUT2D eigenvalue weighted by Crippen LogP contribution is 1.98. The zero-order chi connectivity index (χ0) is 8.97. The molecule has 12 heavy (non-hydrogen) atoms. The molecule has 0 aliphatic heterocycles. The largest absolute Gasteiger partial charge is 0.368 e. The molecule has 0 aliphatic carbocycles. The second kappa shape index (κ2) is 3.72. The van der Waals surface area contributed by atoms with Gasteiger partial charge in [-0.15, -0.1) is 5.10 Å². The third-order valence-electron chi connectivity index (χ3n) is 0.985. The maximum absolute atomic E-state index is 5.27. The Hall–Kier alpha value is -1.56. The fourth-order valence-electron chi connectivity index (χ4n) is 0.544. The summed E-state index contributed by atoms with van der Waals surface area (Å²) in [4.78, 5) is 8.70. The predicted molar refractivity (Wildman–Crippen MR) is 45.2 cm³/mol. The average Bonchev–Trinajstić information content (AvgIpc) is 2.35. The molecule has 1 aromatic rings. The van der Waals surface area contributed by atoms with E-state index in [-0.39, 0.29) is 5.95 Å². The number of nitrogens with one attached hydrogen (secondary N) is 2. The normalized spacial score (nSPS) is 9.75. The lowest BCUT2D eigenvalue weighted by Crippen LogP contribution is -2.04. The van der Waals surface area contributed by atoms with Gasteiger partial charge in [0.15, 0.2) is 0 Å². The molecule has 6 heteroatoms. The fourth-order valence-corrected chi connectivity index (χ4v) is 0.544. The van der Waals surface area contributed by atoms with Crippen LogP contribution in [-0.4, -0.2) is 21.8 Å². The van der Waals surface area contributed by atoms with Crippen LogP contribution < -0.4 is 11.2 Å². The summed E-state index contributed by atoms with van der Waals surface area (Å²) < 4.78 is 0. The topological polar surface area (TPSA) is 88.8 Å². The molecule has 0 bridgehead atoms. The Morgan fingerprint density at radius 3 is 3.08 bits per heavy atom. The van der Waals surface area contributed by atoms with Gasteiger partial charge in [-0.25, -0.2) is 10.6 Å². The molecule has 1 heterocycles. The quantitative estimate of drug-likeness (QED) is 0.445. The van der Waals surface area contributed by atoms with Crippen molar-refractivity contribution < 1.29 is 4.84 Å². The molecule has 0 aromatic carbocycles. The third kappa shape index (κ3) is 2.59. The van der Waals surface area contributed by atoms with Crippen LogP contribution in [0.3, 0.4) is 0 Å². The lowest BCUT2D eigenvalue weighted by atomic mass is 10.4. The van der Waals surface area contributed by atoms with Crippen molar-refractivity contribution in [2.24, 2.45) is 0 Å². The average molecular weight is 169 g/mol. The standard InChI is InChI=1S/C6H11N5O/c1-4(2)3-12-11-6-8-5(7)9-10-6/h1,3H2,2H3,(H4,7,8,9,10,11). The summed E-state index contributed by atoms with van der Waals surface area (Å²) in [5.74, 6) is 0.560. The zero-order valence-corrected chi connectivity index (χ0v) is 6.79. The van der Waals surface area contributed by atoms with Crippen LogP contribution in [-0.2, 0) is 4.84 Å². The molecule has 0 radical (unpaired) electrons. The van der Waals surface area contributed by atoms with Gasteiger partial charge in [0, 0.05) is 0 Å². The Balaban J connectivity index is 2.29. The van der Waals surface area contributed by atoms with E-state index in [1.165, 1.54) is 0 Å². The molecule has 1 rings (SSSR count). The Labute approximate surface area is 69.8 Å². The van der Waals surface area contributed by atoms with Gasteiger partial charge in [-0.2, -0.15) is 4.98 Å². The van der Waals surface area contributed by atoms with Gasteiger partial charge in [0.05, 0.1) is 6.61 Å². The van der Waals surface area contributed by atoms with Crippen molar-refractivity contribution in [3.8, 4) is 0 Å². The Morgan fingerprint density at radius 1 is 1.83 bits per heavy atom. The number of rotatable bonds is 4. The van der Waals surface area contributed by atoms with E-state index < -0.39 is 0 Å². The molecular formula is C6H11N5O. The molecule has 0 unspecified atom stereocenters. The minimum absolute atomic E-state index is 0.247. The number of nitrogens with two attached hydrogens (primary N) is 1. The maximum Gasteiger partial charge on any atom is 0.267 e. The summed E-state index contributed by atoms with van der Waals surface area (Å²) in [7, 11) is 0. The summed E-state index contributed by atoms with van der Waals surface area (Å²) in [5, 5.41) is 6.14. The second-order valence-corrected chi connectivity index (χ2v) is 2.39. The van der Waals surface area contributed by atoms with Crippen LogP contribution in [0.1, 0.15) is 6.92 Å². The third-order valence-corrected chi connectivity index (χ3v) is 0.985. The number of nitrogens with zero attached hydrogens (tertiary/aromatic N) is 2. The molecule has 6 nitrogen and oxygen atoms in total. The van der Waals surface area contributed by atoms with Crippen LogP contribution in [0.4, 0.5) is 11.9 Å². The van der Waals surface area contributed by atoms with E-state index in [0.717, 1.165) is 5.57 Å². The van der Waals surface area contributed by atoms with Gasteiger partial charge in [0.1, 0.15) is 0 Å². The first-order valence-electron chi connectivity index (χ1n) is 3.38. The molecule has 0 atom stereocenters. The number of hydrogen-bond donors (Lipinski definition) is 3. The van der Waals surface area contributed by atoms with Crippen LogP contribution in [0.15, 0.2) is 12.2 Å². The summed E-state index contributed by atoms with van der Waals surface area (Å²) in [6.45, 7) is 5.92. The van der Waals surface area contributed by atoms with E-state index in [4.69, 9.17) is 10.6 Å². The SMILES string of the molecule is C=C(C)CONc1n[nH]c(N)n1. The van der Waals surface area contributed by atoms with Crippen LogP contribution >= 0.6 is 0 Å². The van der Waals surface area contributed by atoms with Gasteiger partial charge < -0.3 is 5.73 Å². The van der Waals surface area contributed by atoms with Gasteiger partial charge in [-0.1, -0.05) is 12.2 Å². The van der Waals surface area contributed by atoms with Crippen molar-refractivity contribution in [3.05, 3.63) is 12.2 Å². The second-order valence-electron chi connectivity index (χ2n) is 2.39. The molecule has 0 amide bonds. The minimum Gasteiger partial charge on any atom is -0.368 e. The molecule has 4 N–H and O–H groups in total. The molecular weight excluding hydrogens is 158 g/mol. The van der Waals surface area contributed by atoms with E-state index >= 15 is 0 Å². The Kier molecular flexibility index (Phi) is 2.65. The molecule has 1 aromatic heterocycles. The molecule has 0 aliphatic rings. The smallest absolute Gasteiger partial charge is 0.267 e. The molecule has 66 valence electrons. The van der Waals surface area contributed by atoms with Crippen LogP contribution in [0.25, 0.3) is 0 Å². The number of nitrogen functional groups attached to an aromatic ring is 1. The summed E-state index contributed by atoms with van der Waals surface area (Å²) in [6.07, 6.45) is 0. The van der Waals surface area contributed by atoms with Crippen LogP contribution in [0, 0.1) is 0 Å². The van der Waals surface area contributed by atoms with E-state index in [2.05, 4.69) is 27.2 Å². The number of H-pyrrole nitrogens is 1. The first kappa shape index (κ1) is 8.54. The van der Waals surface area contributed by atoms with Crippen LogP contribution in [0.5, 0.6) is 0 Å². The Bertz CT molecular complexity index is 269. The highest BCUT2D eigenvalue weighted by Gasteiger charge is 1.97. The zero-order valence-electron chi connectivity index (χ0n) is 6.79. The van der Waals surface area contributed by atoms with Gasteiger partial charge in [-0.05, 0) is 6.92 Å². The lowest BCUT2D eigenvalue weighted by Gasteiger charge is -2.00. The van der Waals surface area contributed by atoms with Crippen LogP contribution in [0.2, 0.25) is 0 Å². The molecule has 0 fully saturated rings. The fraction of sp³-hybridized carbons (Fsp3) is 0.333. The first-order chi connectivity index (χ1) is 5.68. The van der Waals surface area contributed by atoms with Gasteiger partial charge in [0.25, 0.3) is 5.95 Å². The summed E-state index contributed by atoms with van der Waals surface area (Å²) in [6, 6.07) is 0. The number of anilines is 2. The van der Waals surface area contributed by atoms with Gasteiger partial charge in [-0.3, -0.25) is 4.84 Å².